The topological polar surface area (TPSA) is 105 Å². The van der Waals surface area contributed by atoms with Gasteiger partial charge in [0.2, 0.25) is 0 Å². The zero-order chi connectivity index (χ0) is 19.4. The number of hydrogen-bond donors (Lipinski definition) is 1. The normalized spacial score (nSPS) is 20.6. The second-order valence-corrected chi connectivity index (χ2v) is 8.20. The number of esters is 1. The molecule has 1 saturated heterocycles. The van der Waals surface area contributed by atoms with Gasteiger partial charge in [-0.1, -0.05) is 19.1 Å². The Balaban J connectivity index is 1.65. The lowest BCUT2D eigenvalue weighted by Gasteiger charge is -2.32. The number of fused-ring (bicyclic) bond motifs is 1. The van der Waals surface area contributed by atoms with Crippen LogP contribution >= 0.6 is 0 Å². The van der Waals surface area contributed by atoms with Gasteiger partial charge in [0.25, 0.3) is 15.9 Å². The van der Waals surface area contributed by atoms with Gasteiger partial charge in [-0.3, -0.25) is 9.59 Å². The van der Waals surface area contributed by atoms with E-state index in [1.807, 2.05) is 11.8 Å². The molecule has 0 unspecified atom stereocenters. The Morgan fingerprint density at radius 3 is 2.89 bits per heavy atom. The summed E-state index contributed by atoms with van der Waals surface area (Å²) in [6.07, 6.45) is 2.15. The van der Waals surface area contributed by atoms with Crippen molar-refractivity contribution in [3.8, 4) is 0 Å². The molecule has 1 aromatic rings. The molecule has 1 amide bonds. The fourth-order valence-electron chi connectivity index (χ4n) is 3.25. The molecule has 0 radical (unpaired) electrons. The summed E-state index contributed by atoms with van der Waals surface area (Å²) in [5.41, 5.74) is 0.561. The average Bonchev–Trinajstić information content (AvgIpc) is 2.96. The SMILES string of the molecule is CCCNC(=O)COC(=O)[C@H]1CCCN(C2=NS(=O)(=O)c3ccccc32)C1. The van der Waals surface area contributed by atoms with Crippen molar-refractivity contribution >= 4 is 27.7 Å². The Labute approximate surface area is 158 Å². The molecule has 0 spiro atoms. The zero-order valence-corrected chi connectivity index (χ0v) is 16.0. The number of sulfonamides is 1. The van der Waals surface area contributed by atoms with Crippen molar-refractivity contribution in [3.05, 3.63) is 29.8 Å². The Kier molecular flexibility index (Phi) is 5.79. The van der Waals surface area contributed by atoms with Gasteiger partial charge in [-0.25, -0.2) is 0 Å². The summed E-state index contributed by atoms with van der Waals surface area (Å²) in [5, 5.41) is 2.65. The monoisotopic (exact) mass is 393 g/mol. The molecule has 0 aliphatic carbocycles. The molecule has 0 aromatic heterocycles. The van der Waals surface area contributed by atoms with E-state index in [9.17, 15) is 18.0 Å². The van der Waals surface area contributed by atoms with Crippen molar-refractivity contribution in [2.24, 2.45) is 10.3 Å². The number of hydrogen-bond acceptors (Lipinski definition) is 6. The Bertz CT molecular complexity index is 866. The average molecular weight is 393 g/mol. The summed E-state index contributed by atoms with van der Waals surface area (Å²) in [6.45, 7) is 3.11. The van der Waals surface area contributed by atoms with Gasteiger partial charge in [-0.2, -0.15) is 8.42 Å². The summed E-state index contributed by atoms with van der Waals surface area (Å²) in [5.74, 6) is -0.807. The predicted molar refractivity (Wildman–Crippen MR) is 98.7 cm³/mol. The van der Waals surface area contributed by atoms with Crippen LogP contribution in [0.4, 0.5) is 0 Å². The van der Waals surface area contributed by atoms with Crippen molar-refractivity contribution < 1.29 is 22.7 Å². The number of carbonyl (C=O) groups is 2. The summed E-state index contributed by atoms with van der Waals surface area (Å²) >= 11 is 0. The van der Waals surface area contributed by atoms with Gasteiger partial charge in [-0.15, -0.1) is 4.40 Å². The lowest BCUT2D eigenvalue weighted by atomic mass is 9.97. The molecule has 146 valence electrons. The maximum absolute atomic E-state index is 12.3. The van der Waals surface area contributed by atoms with Crippen LogP contribution in [0.3, 0.4) is 0 Å². The van der Waals surface area contributed by atoms with Crippen LogP contribution in [-0.2, 0) is 24.3 Å². The van der Waals surface area contributed by atoms with Gasteiger partial charge in [0, 0.05) is 25.2 Å². The second-order valence-electron chi connectivity index (χ2n) is 6.63. The number of rotatable bonds is 5. The molecule has 1 atom stereocenters. The maximum Gasteiger partial charge on any atom is 0.311 e. The second kappa shape index (κ2) is 8.08. The van der Waals surface area contributed by atoms with E-state index in [4.69, 9.17) is 4.74 Å². The van der Waals surface area contributed by atoms with E-state index in [0.717, 1.165) is 6.42 Å². The van der Waals surface area contributed by atoms with Gasteiger partial charge in [0.15, 0.2) is 12.4 Å². The molecular formula is C18H23N3O5S. The highest BCUT2D eigenvalue weighted by Crippen LogP contribution is 2.29. The van der Waals surface area contributed by atoms with Crippen molar-refractivity contribution in [2.45, 2.75) is 31.1 Å². The van der Waals surface area contributed by atoms with E-state index >= 15 is 0 Å². The molecular weight excluding hydrogens is 370 g/mol. The molecule has 27 heavy (non-hydrogen) atoms. The van der Waals surface area contributed by atoms with E-state index in [2.05, 4.69) is 9.71 Å². The minimum atomic E-state index is -3.69. The molecule has 2 heterocycles. The highest BCUT2D eigenvalue weighted by molar-refractivity contribution is 7.90. The highest BCUT2D eigenvalue weighted by Gasteiger charge is 2.35. The first-order valence-electron chi connectivity index (χ1n) is 9.05. The van der Waals surface area contributed by atoms with Gasteiger partial charge < -0.3 is 15.0 Å². The molecule has 2 aliphatic rings. The molecule has 2 aliphatic heterocycles. The fraction of sp³-hybridized carbons (Fsp3) is 0.500. The van der Waals surface area contributed by atoms with Crippen molar-refractivity contribution in [2.75, 3.05) is 26.2 Å². The van der Waals surface area contributed by atoms with E-state index in [-0.39, 0.29) is 17.4 Å². The van der Waals surface area contributed by atoms with Crippen molar-refractivity contribution in [1.82, 2.24) is 10.2 Å². The minimum Gasteiger partial charge on any atom is -0.455 e. The first kappa shape index (κ1) is 19.3. The fourth-order valence-corrected chi connectivity index (χ4v) is 4.48. The molecule has 1 fully saturated rings. The number of amidine groups is 1. The zero-order valence-electron chi connectivity index (χ0n) is 15.2. The lowest BCUT2D eigenvalue weighted by molar-refractivity contribution is -0.153. The molecule has 9 heteroatoms. The van der Waals surface area contributed by atoms with Crippen LogP contribution in [0.5, 0.6) is 0 Å². The minimum absolute atomic E-state index is 0.192. The van der Waals surface area contributed by atoms with Crippen LogP contribution in [-0.4, -0.2) is 57.3 Å². The Morgan fingerprint density at radius 1 is 1.33 bits per heavy atom. The standard InChI is InChI=1S/C18H23N3O5S/c1-2-9-19-16(22)12-26-18(23)13-6-5-10-21(11-13)17-14-7-3-4-8-15(14)27(24,25)20-17/h3-4,7-8,13H,2,5-6,9-12H2,1H3,(H,19,22)/t13-/m0/s1. The number of ether oxygens (including phenoxy) is 1. The number of carbonyl (C=O) groups excluding carboxylic acids is 2. The number of nitrogens with zero attached hydrogens (tertiary/aromatic N) is 2. The number of benzene rings is 1. The number of piperidine rings is 1. The summed E-state index contributed by atoms with van der Waals surface area (Å²) in [7, 11) is -3.69. The molecule has 8 nitrogen and oxygen atoms in total. The summed E-state index contributed by atoms with van der Waals surface area (Å²) in [6, 6.07) is 6.68. The third kappa shape index (κ3) is 4.29. The van der Waals surface area contributed by atoms with Gasteiger partial charge >= 0.3 is 5.97 Å². The van der Waals surface area contributed by atoms with E-state index in [1.165, 1.54) is 6.07 Å². The maximum atomic E-state index is 12.3. The van der Waals surface area contributed by atoms with Crippen LogP contribution in [0.15, 0.2) is 33.6 Å². The first-order valence-corrected chi connectivity index (χ1v) is 10.5. The third-order valence-electron chi connectivity index (χ3n) is 4.58. The summed E-state index contributed by atoms with van der Waals surface area (Å²) in [4.78, 5) is 25.9. The lowest BCUT2D eigenvalue weighted by Crippen LogP contribution is -2.43. The quantitative estimate of drug-likeness (QED) is 0.746. The Hall–Kier alpha value is -2.42. The Morgan fingerprint density at radius 2 is 2.11 bits per heavy atom. The van der Waals surface area contributed by atoms with Gasteiger partial charge in [0.1, 0.15) is 4.90 Å². The molecule has 1 aromatic carbocycles. The summed E-state index contributed by atoms with van der Waals surface area (Å²) < 4.78 is 33.5. The van der Waals surface area contributed by atoms with Crippen LogP contribution in [0, 0.1) is 5.92 Å². The van der Waals surface area contributed by atoms with E-state index in [0.29, 0.717) is 43.9 Å². The molecule has 0 bridgehead atoms. The molecule has 3 rings (SSSR count). The van der Waals surface area contributed by atoms with E-state index < -0.39 is 21.9 Å². The molecule has 0 saturated carbocycles. The van der Waals surface area contributed by atoms with Crippen molar-refractivity contribution in [1.29, 1.82) is 0 Å². The highest BCUT2D eigenvalue weighted by atomic mass is 32.2. The van der Waals surface area contributed by atoms with Crippen LogP contribution in [0.25, 0.3) is 0 Å². The number of likely N-dealkylation sites (tertiary alicyclic amines) is 1. The first-order chi connectivity index (χ1) is 12.9. The van der Waals surface area contributed by atoms with Crippen molar-refractivity contribution in [3.63, 3.8) is 0 Å². The van der Waals surface area contributed by atoms with Crippen LogP contribution < -0.4 is 5.32 Å². The molecule has 1 N–H and O–H groups in total. The van der Waals surface area contributed by atoms with Crippen LogP contribution in [0.2, 0.25) is 0 Å². The van der Waals surface area contributed by atoms with Gasteiger partial charge in [0.05, 0.1) is 5.92 Å². The largest absolute Gasteiger partial charge is 0.455 e. The van der Waals surface area contributed by atoms with Gasteiger partial charge in [-0.05, 0) is 31.4 Å². The number of amides is 1. The smallest absolute Gasteiger partial charge is 0.311 e. The third-order valence-corrected chi connectivity index (χ3v) is 5.91. The van der Waals surface area contributed by atoms with E-state index in [1.54, 1.807) is 18.2 Å². The van der Waals surface area contributed by atoms with Crippen LogP contribution in [0.1, 0.15) is 31.7 Å². The number of nitrogens with one attached hydrogen (secondary N) is 1. The predicted octanol–water partition coefficient (Wildman–Crippen LogP) is 0.917.